The topological polar surface area (TPSA) is 48.9 Å². The third kappa shape index (κ3) is 7.20. The molecular formula is C28H42N4O2. The van der Waals surface area contributed by atoms with E-state index in [1.807, 2.05) is 18.1 Å². The average molecular weight is 467 g/mol. The van der Waals surface area contributed by atoms with Gasteiger partial charge in [-0.15, -0.1) is 0 Å². The smallest absolute Gasteiger partial charge is 0.219 e. The van der Waals surface area contributed by atoms with Crippen molar-refractivity contribution in [2.75, 3.05) is 56.2 Å². The molecule has 6 heteroatoms. The Hall–Kier alpha value is -2.60. The molecule has 2 fully saturated rings. The number of carbonyl (C=O) groups is 1. The van der Waals surface area contributed by atoms with Crippen LogP contribution in [-0.2, 0) is 16.0 Å². The van der Waals surface area contributed by atoms with Crippen molar-refractivity contribution < 1.29 is 9.53 Å². The Bertz CT molecular complexity index is 903. The predicted octanol–water partition coefficient (Wildman–Crippen LogP) is 4.74. The van der Waals surface area contributed by atoms with E-state index >= 15 is 0 Å². The first-order valence-corrected chi connectivity index (χ1v) is 12.7. The zero-order valence-corrected chi connectivity index (χ0v) is 21.7. The van der Waals surface area contributed by atoms with E-state index in [4.69, 9.17) is 4.74 Å². The summed E-state index contributed by atoms with van der Waals surface area (Å²) in [7, 11) is 1.92. The normalized spacial score (nSPS) is 16.8. The number of aromatic nitrogens is 1. The van der Waals surface area contributed by atoms with Crippen molar-refractivity contribution >= 4 is 17.4 Å². The maximum Gasteiger partial charge on any atom is 0.219 e. The van der Waals surface area contributed by atoms with Crippen LogP contribution in [0.15, 0.2) is 42.6 Å². The van der Waals surface area contributed by atoms with Gasteiger partial charge in [0.1, 0.15) is 5.82 Å². The molecule has 0 unspecified atom stereocenters. The maximum absolute atomic E-state index is 11.4. The zero-order chi connectivity index (χ0) is 24.5. The number of amides is 1. The lowest BCUT2D eigenvalue weighted by atomic mass is 10.00. The van der Waals surface area contributed by atoms with Crippen LogP contribution < -0.4 is 9.80 Å². The molecule has 0 aliphatic carbocycles. The van der Waals surface area contributed by atoms with E-state index in [-0.39, 0.29) is 5.91 Å². The number of ether oxygens (including phenoxy) is 1. The molecule has 0 atom stereocenters. The van der Waals surface area contributed by atoms with Gasteiger partial charge in [-0.2, -0.15) is 0 Å². The van der Waals surface area contributed by atoms with Crippen LogP contribution in [0.1, 0.15) is 57.6 Å². The quantitative estimate of drug-likeness (QED) is 0.637. The van der Waals surface area contributed by atoms with Crippen molar-refractivity contribution in [3.63, 3.8) is 0 Å². The summed E-state index contributed by atoms with van der Waals surface area (Å²) in [5.74, 6) is 1.83. The van der Waals surface area contributed by atoms with Crippen molar-refractivity contribution in [3.8, 4) is 0 Å². The minimum Gasteiger partial charge on any atom is -0.378 e. The standard InChI is InChI=1S/C17H26N2O.C11H16N2O/c1-13(2)15-6-5-7-17(12-15)19-10-8-16(9-11-19)18(4)14(3)20;1-2-10-3-4-12-11(9-10)13-5-7-14-8-6-13/h5-7,12-13,16H,8-11H2,1-4H3;3-4,9H,2,5-8H2,1H3. The van der Waals surface area contributed by atoms with E-state index in [2.05, 4.69) is 72.0 Å². The molecule has 0 radical (unpaired) electrons. The van der Waals surface area contributed by atoms with Gasteiger partial charge >= 0.3 is 0 Å². The molecule has 1 aromatic heterocycles. The summed E-state index contributed by atoms with van der Waals surface area (Å²) in [6.45, 7) is 13.9. The van der Waals surface area contributed by atoms with Gasteiger partial charge < -0.3 is 19.4 Å². The van der Waals surface area contributed by atoms with E-state index in [0.717, 1.165) is 64.5 Å². The Kier molecular flexibility index (Phi) is 9.75. The minimum atomic E-state index is 0.172. The molecule has 34 heavy (non-hydrogen) atoms. The number of carbonyl (C=O) groups excluding carboxylic acids is 1. The zero-order valence-electron chi connectivity index (χ0n) is 21.7. The third-order valence-electron chi connectivity index (χ3n) is 6.96. The molecule has 2 aliphatic rings. The van der Waals surface area contributed by atoms with E-state index in [1.54, 1.807) is 6.92 Å². The fourth-order valence-electron chi connectivity index (χ4n) is 4.49. The molecule has 3 heterocycles. The molecule has 0 spiro atoms. The van der Waals surface area contributed by atoms with E-state index in [9.17, 15) is 4.79 Å². The highest BCUT2D eigenvalue weighted by molar-refractivity contribution is 5.73. The lowest BCUT2D eigenvalue weighted by Crippen LogP contribution is -2.45. The van der Waals surface area contributed by atoms with Gasteiger partial charge in [-0.25, -0.2) is 4.98 Å². The van der Waals surface area contributed by atoms with Gasteiger partial charge in [-0.05, 0) is 60.6 Å². The molecule has 4 rings (SSSR count). The van der Waals surface area contributed by atoms with Crippen molar-refractivity contribution in [1.29, 1.82) is 0 Å². The highest BCUT2D eigenvalue weighted by atomic mass is 16.5. The second-order valence-electron chi connectivity index (χ2n) is 9.57. The Balaban J connectivity index is 0.000000202. The van der Waals surface area contributed by atoms with Crippen LogP contribution >= 0.6 is 0 Å². The average Bonchev–Trinajstić information content (AvgIpc) is 2.89. The number of morpholine rings is 1. The number of benzene rings is 1. The molecule has 1 aromatic carbocycles. The predicted molar refractivity (Wildman–Crippen MR) is 141 cm³/mol. The number of nitrogens with zero attached hydrogens (tertiary/aromatic N) is 4. The van der Waals surface area contributed by atoms with Gasteiger partial charge in [0, 0.05) is 58.1 Å². The van der Waals surface area contributed by atoms with Crippen LogP contribution in [0.25, 0.3) is 0 Å². The van der Waals surface area contributed by atoms with Gasteiger partial charge in [0.05, 0.1) is 13.2 Å². The number of hydrogen-bond acceptors (Lipinski definition) is 5. The Morgan fingerprint density at radius 2 is 1.79 bits per heavy atom. The largest absolute Gasteiger partial charge is 0.378 e. The lowest BCUT2D eigenvalue weighted by Gasteiger charge is -2.37. The van der Waals surface area contributed by atoms with Crippen LogP contribution in [0.3, 0.4) is 0 Å². The Labute approximate surface area is 205 Å². The van der Waals surface area contributed by atoms with Gasteiger partial charge in [0.25, 0.3) is 0 Å². The Morgan fingerprint density at radius 3 is 2.41 bits per heavy atom. The monoisotopic (exact) mass is 466 g/mol. The first-order valence-electron chi connectivity index (χ1n) is 12.7. The highest BCUT2D eigenvalue weighted by Crippen LogP contribution is 2.25. The maximum atomic E-state index is 11.4. The molecular weight excluding hydrogens is 424 g/mol. The second kappa shape index (κ2) is 12.7. The first kappa shape index (κ1) is 26.0. The van der Waals surface area contributed by atoms with Gasteiger partial charge in [-0.1, -0.05) is 32.9 Å². The fraction of sp³-hybridized carbons (Fsp3) is 0.571. The number of piperidine rings is 1. The number of anilines is 2. The van der Waals surface area contributed by atoms with Crippen molar-refractivity contribution in [3.05, 3.63) is 53.7 Å². The van der Waals surface area contributed by atoms with E-state index < -0.39 is 0 Å². The Morgan fingerprint density at radius 1 is 1.09 bits per heavy atom. The summed E-state index contributed by atoms with van der Waals surface area (Å²) >= 11 is 0. The van der Waals surface area contributed by atoms with E-state index in [0.29, 0.717) is 12.0 Å². The van der Waals surface area contributed by atoms with E-state index in [1.165, 1.54) is 16.8 Å². The fourth-order valence-corrected chi connectivity index (χ4v) is 4.49. The number of rotatable bonds is 5. The first-order chi connectivity index (χ1) is 16.4. The molecule has 186 valence electrons. The minimum absolute atomic E-state index is 0.172. The van der Waals surface area contributed by atoms with Crippen LogP contribution in [-0.4, -0.2) is 68.3 Å². The molecule has 2 aromatic rings. The van der Waals surface area contributed by atoms with Gasteiger partial charge in [-0.3, -0.25) is 4.79 Å². The summed E-state index contributed by atoms with van der Waals surface area (Å²) in [5.41, 5.74) is 4.06. The lowest BCUT2D eigenvalue weighted by molar-refractivity contribution is -0.129. The highest BCUT2D eigenvalue weighted by Gasteiger charge is 2.24. The molecule has 2 saturated heterocycles. The number of hydrogen-bond donors (Lipinski definition) is 0. The summed E-state index contributed by atoms with van der Waals surface area (Å²) in [6, 6.07) is 13.5. The summed E-state index contributed by atoms with van der Waals surface area (Å²) in [5, 5.41) is 0. The number of aryl methyl sites for hydroxylation is 1. The third-order valence-corrected chi connectivity index (χ3v) is 6.96. The van der Waals surface area contributed by atoms with Crippen LogP contribution in [0.4, 0.5) is 11.5 Å². The van der Waals surface area contributed by atoms with Gasteiger partial charge in [0.2, 0.25) is 5.91 Å². The van der Waals surface area contributed by atoms with Crippen molar-refractivity contribution in [2.24, 2.45) is 0 Å². The number of pyridine rings is 1. The molecule has 0 N–H and O–H groups in total. The molecule has 0 saturated carbocycles. The van der Waals surface area contributed by atoms with Crippen LogP contribution in [0.2, 0.25) is 0 Å². The van der Waals surface area contributed by atoms with Gasteiger partial charge in [0.15, 0.2) is 0 Å². The second-order valence-corrected chi connectivity index (χ2v) is 9.57. The van der Waals surface area contributed by atoms with Crippen molar-refractivity contribution in [1.82, 2.24) is 9.88 Å². The molecule has 0 bridgehead atoms. The molecule has 6 nitrogen and oxygen atoms in total. The summed E-state index contributed by atoms with van der Waals surface area (Å²) < 4.78 is 5.31. The van der Waals surface area contributed by atoms with Crippen LogP contribution in [0.5, 0.6) is 0 Å². The summed E-state index contributed by atoms with van der Waals surface area (Å²) in [4.78, 5) is 22.4. The molecule has 1 amide bonds. The van der Waals surface area contributed by atoms with Crippen LogP contribution in [0, 0.1) is 0 Å². The van der Waals surface area contributed by atoms with Crippen molar-refractivity contribution in [2.45, 2.75) is 58.9 Å². The SMILES string of the molecule is CC(=O)N(C)C1CCN(c2cccc(C(C)C)c2)CC1.CCc1ccnc(N2CCOCC2)c1. The molecule has 2 aliphatic heterocycles. The summed E-state index contributed by atoms with van der Waals surface area (Å²) in [6.07, 6.45) is 5.08.